The molecule has 1 aromatic rings. The number of hydrogen-bond donors (Lipinski definition) is 3. The highest BCUT2D eigenvalue weighted by Crippen LogP contribution is 2.29. The number of hydrogen-bond acceptors (Lipinski definition) is 6. The zero-order chi connectivity index (χ0) is 14.4. The Morgan fingerprint density at radius 2 is 1.84 bits per heavy atom. The van der Waals surface area contributed by atoms with Crippen LogP contribution >= 0.6 is 0 Å². The lowest BCUT2D eigenvalue weighted by atomic mass is 10.2. The lowest BCUT2D eigenvalue weighted by Gasteiger charge is -2.14. The number of nitrogen functional groups attached to an aromatic ring is 1. The lowest BCUT2D eigenvalue weighted by molar-refractivity contribution is 0.341. The molecule has 0 fully saturated rings. The number of anilines is 1. The molecular weight excluding hydrogens is 244 g/mol. The lowest BCUT2D eigenvalue weighted by Crippen LogP contribution is -2.40. The normalized spacial score (nSPS) is 16.5. The molecule has 0 saturated carbocycles. The van der Waals surface area contributed by atoms with Gasteiger partial charge in [-0.15, -0.1) is 0 Å². The molecule has 1 aliphatic heterocycles. The molecule has 106 valence electrons. The molecule has 0 bridgehead atoms. The maximum absolute atomic E-state index is 5.67. The van der Waals surface area contributed by atoms with Crippen LogP contribution in [-0.2, 0) is 0 Å². The van der Waals surface area contributed by atoms with Crippen molar-refractivity contribution in [3.8, 4) is 11.5 Å². The first kappa shape index (κ1) is 15.0. The van der Waals surface area contributed by atoms with Crippen molar-refractivity contribution in [3.05, 3.63) is 30.1 Å². The highest BCUT2D eigenvalue weighted by atomic mass is 16.5. The van der Waals surface area contributed by atoms with Crippen LogP contribution in [0.5, 0.6) is 11.5 Å². The molecule has 1 aromatic carbocycles. The molecule has 1 heterocycles. The van der Waals surface area contributed by atoms with Crippen LogP contribution in [0.4, 0.5) is 5.69 Å². The number of aryl methyl sites for hydroxylation is 1. The third-order valence-electron chi connectivity index (χ3n) is 2.76. The summed E-state index contributed by atoms with van der Waals surface area (Å²) in [5.41, 5.74) is 12.7. The van der Waals surface area contributed by atoms with E-state index in [-0.39, 0.29) is 6.29 Å². The van der Waals surface area contributed by atoms with E-state index in [1.54, 1.807) is 20.3 Å². The molecule has 19 heavy (non-hydrogen) atoms. The number of nitrogens with zero attached hydrogens (tertiary/aromatic N) is 1. The van der Waals surface area contributed by atoms with Crippen molar-refractivity contribution < 1.29 is 9.47 Å². The summed E-state index contributed by atoms with van der Waals surface area (Å²) in [6.45, 7) is 1.95. The van der Waals surface area contributed by atoms with Gasteiger partial charge in [0.2, 0.25) is 0 Å². The predicted molar refractivity (Wildman–Crippen MR) is 76.7 cm³/mol. The van der Waals surface area contributed by atoms with Crippen molar-refractivity contribution in [1.29, 1.82) is 0 Å². The third-order valence-corrected chi connectivity index (χ3v) is 2.76. The van der Waals surface area contributed by atoms with E-state index < -0.39 is 0 Å². The van der Waals surface area contributed by atoms with Crippen LogP contribution < -0.4 is 26.3 Å². The van der Waals surface area contributed by atoms with Crippen LogP contribution in [0.15, 0.2) is 24.5 Å². The van der Waals surface area contributed by atoms with Gasteiger partial charge in [-0.1, -0.05) is 0 Å². The highest BCUT2D eigenvalue weighted by Gasteiger charge is 2.05. The summed E-state index contributed by atoms with van der Waals surface area (Å²) in [4.78, 5) is 1.89. The fourth-order valence-electron chi connectivity index (χ4n) is 1.54. The second-order valence-corrected chi connectivity index (χ2v) is 4.16. The van der Waals surface area contributed by atoms with E-state index in [0.717, 1.165) is 11.3 Å². The zero-order valence-corrected chi connectivity index (χ0v) is 11.8. The summed E-state index contributed by atoms with van der Waals surface area (Å²) in [6.07, 6.45) is 3.70. The molecule has 0 aromatic heterocycles. The molecule has 0 spiro atoms. The van der Waals surface area contributed by atoms with Gasteiger partial charge in [-0.25, -0.2) is 0 Å². The summed E-state index contributed by atoms with van der Waals surface area (Å²) in [5.74, 6) is 1.47. The van der Waals surface area contributed by atoms with Crippen molar-refractivity contribution in [2.45, 2.75) is 13.2 Å². The second kappa shape index (κ2) is 6.75. The Labute approximate surface area is 114 Å². The summed E-state index contributed by atoms with van der Waals surface area (Å²) >= 11 is 0. The molecule has 0 radical (unpaired) electrons. The maximum atomic E-state index is 5.67. The van der Waals surface area contributed by atoms with Crippen LogP contribution in [-0.4, -0.2) is 32.5 Å². The Bertz CT molecular complexity index is 419. The van der Waals surface area contributed by atoms with Crippen molar-refractivity contribution in [3.63, 3.8) is 0 Å². The van der Waals surface area contributed by atoms with E-state index >= 15 is 0 Å². The van der Waals surface area contributed by atoms with Gasteiger partial charge >= 0.3 is 0 Å². The van der Waals surface area contributed by atoms with E-state index in [1.165, 1.54) is 0 Å². The molecule has 0 aliphatic carbocycles. The first-order chi connectivity index (χ1) is 8.99. The van der Waals surface area contributed by atoms with E-state index in [0.29, 0.717) is 11.4 Å². The summed E-state index contributed by atoms with van der Waals surface area (Å²) in [6, 6.07) is 3.61. The first-order valence-electron chi connectivity index (χ1n) is 5.88. The van der Waals surface area contributed by atoms with Crippen molar-refractivity contribution in [2.75, 3.05) is 27.0 Å². The Morgan fingerprint density at radius 3 is 2.21 bits per heavy atom. The smallest absolute Gasteiger partial charge is 0.151 e. The molecule has 0 amide bonds. The number of benzene rings is 1. The number of methoxy groups -OCH3 is 2. The van der Waals surface area contributed by atoms with Gasteiger partial charge in [-0.3, -0.25) is 5.73 Å². The Balaban J connectivity index is 0.000000218. The molecule has 1 unspecified atom stereocenters. The number of nitrogens with two attached hydrogens (primary N) is 2. The molecule has 1 aliphatic rings. The van der Waals surface area contributed by atoms with Gasteiger partial charge in [0.15, 0.2) is 6.29 Å². The monoisotopic (exact) mass is 266 g/mol. The molecule has 1 atom stereocenters. The molecular formula is C13H22N4O2. The maximum Gasteiger partial charge on any atom is 0.151 e. The number of ether oxygens (including phenoxy) is 2. The molecule has 6 nitrogen and oxygen atoms in total. The van der Waals surface area contributed by atoms with E-state index in [1.807, 2.05) is 37.3 Å². The Kier molecular flexibility index (Phi) is 5.32. The van der Waals surface area contributed by atoms with Gasteiger partial charge in [0.1, 0.15) is 11.5 Å². The first-order valence-corrected chi connectivity index (χ1v) is 5.88. The van der Waals surface area contributed by atoms with E-state index in [2.05, 4.69) is 5.32 Å². The quantitative estimate of drug-likeness (QED) is 0.687. The summed E-state index contributed by atoms with van der Waals surface area (Å²) in [5, 5.41) is 2.89. The minimum absolute atomic E-state index is 0.0139. The van der Waals surface area contributed by atoms with Crippen molar-refractivity contribution in [2.24, 2.45) is 5.73 Å². The van der Waals surface area contributed by atoms with Crippen LogP contribution in [0.3, 0.4) is 0 Å². The van der Waals surface area contributed by atoms with Gasteiger partial charge in [-0.2, -0.15) is 0 Å². The van der Waals surface area contributed by atoms with Crippen molar-refractivity contribution in [1.82, 2.24) is 10.2 Å². The average Bonchev–Trinajstić information content (AvgIpc) is 2.76. The molecule has 5 N–H and O–H groups in total. The summed E-state index contributed by atoms with van der Waals surface area (Å²) < 4.78 is 10.1. The van der Waals surface area contributed by atoms with Gasteiger partial charge in [0, 0.05) is 25.5 Å². The minimum atomic E-state index is -0.0139. The fraction of sp³-hybridized carbons (Fsp3) is 0.385. The fourth-order valence-corrected chi connectivity index (χ4v) is 1.54. The number of nitrogens with one attached hydrogen (secondary N) is 1. The van der Waals surface area contributed by atoms with Crippen LogP contribution in [0.1, 0.15) is 5.56 Å². The third kappa shape index (κ3) is 3.96. The SMILES string of the molecule is CN1C=CNC1N.COc1cc(N)c(OC)cc1C. The van der Waals surface area contributed by atoms with Gasteiger partial charge in [-0.05, 0) is 18.6 Å². The largest absolute Gasteiger partial charge is 0.496 e. The Hall–Kier alpha value is -2.08. The van der Waals surface area contributed by atoms with Crippen LogP contribution in [0.25, 0.3) is 0 Å². The average molecular weight is 266 g/mol. The second-order valence-electron chi connectivity index (χ2n) is 4.16. The highest BCUT2D eigenvalue weighted by molar-refractivity contribution is 5.59. The topological polar surface area (TPSA) is 85.8 Å². The standard InChI is InChI=1S/C9H13NO2.C4H9N3/c1-6-4-9(12-3)7(10)5-8(6)11-2;1-7-3-2-6-4(7)5/h4-5H,10H2,1-3H3;2-4,6H,5H2,1H3. The summed E-state index contributed by atoms with van der Waals surface area (Å²) in [7, 11) is 5.13. The zero-order valence-electron chi connectivity index (χ0n) is 11.8. The molecule has 6 heteroatoms. The van der Waals surface area contributed by atoms with Crippen molar-refractivity contribution >= 4 is 5.69 Å². The van der Waals surface area contributed by atoms with E-state index in [4.69, 9.17) is 20.9 Å². The predicted octanol–water partition coefficient (Wildman–Crippen LogP) is 0.829. The molecule has 0 saturated heterocycles. The van der Waals surface area contributed by atoms with Gasteiger partial charge in [0.25, 0.3) is 0 Å². The van der Waals surface area contributed by atoms with Crippen LogP contribution in [0, 0.1) is 6.92 Å². The van der Waals surface area contributed by atoms with Gasteiger partial charge in [0.05, 0.1) is 19.9 Å². The molecule has 2 rings (SSSR count). The Morgan fingerprint density at radius 1 is 1.21 bits per heavy atom. The van der Waals surface area contributed by atoms with Gasteiger partial charge < -0.3 is 25.4 Å². The van der Waals surface area contributed by atoms with E-state index in [9.17, 15) is 0 Å². The number of rotatable bonds is 2. The minimum Gasteiger partial charge on any atom is -0.496 e. The van der Waals surface area contributed by atoms with Crippen LogP contribution in [0.2, 0.25) is 0 Å².